The second-order valence-corrected chi connectivity index (χ2v) is 2.86. The molecule has 0 aliphatic carbocycles. The molecule has 0 radical (unpaired) electrons. The molecule has 0 aromatic rings. The fraction of sp³-hybridized carbons (Fsp3) is 1.00. The van der Waals surface area contributed by atoms with Gasteiger partial charge in [0.25, 0.3) is 0 Å². The second kappa shape index (κ2) is 2.09. The van der Waals surface area contributed by atoms with E-state index in [4.69, 9.17) is 0 Å². The SMILES string of the molecule is CC1NC(C)C(F)(F)C1(F)F. The van der Waals surface area contributed by atoms with Crippen LogP contribution in [0.25, 0.3) is 0 Å². The summed E-state index contributed by atoms with van der Waals surface area (Å²) in [4.78, 5) is 0. The molecule has 0 spiro atoms. The molecule has 0 saturated carbocycles. The van der Waals surface area contributed by atoms with Gasteiger partial charge in [-0.05, 0) is 13.8 Å². The second-order valence-electron chi connectivity index (χ2n) is 2.86. The van der Waals surface area contributed by atoms with Crippen LogP contribution < -0.4 is 5.32 Å². The highest BCUT2D eigenvalue weighted by molar-refractivity contribution is 5.06. The van der Waals surface area contributed by atoms with Gasteiger partial charge in [0.2, 0.25) is 0 Å². The first-order valence-electron chi connectivity index (χ1n) is 3.32. The lowest BCUT2D eigenvalue weighted by Gasteiger charge is -2.21. The van der Waals surface area contributed by atoms with Crippen LogP contribution in [0.4, 0.5) is 17.6 Å². The number of halogens is 4. The first-order chi connectivity index (χ1) is 4.80. The van der Waals surface area contributed by atoms with E-state index in [0.717, 1.165) is 13.8 Å². The van der Waals surface area contributed by atoms with E-state index in [1.807, 2.05) is 0 Å². The molecular weight excluding hydrogens is 162 g/mol. The van der Waals surface area contributed by atoms with Gasteiger partial charge in [0.15, 0.2) is 0 Å². The third-order valence-electron chi connectivity index (χ3n) is 2.03. The Bertz CT molecular complexity index is 150. The van der Waals surface area contributed by atoms with E-state index in [9.17, 15) is 17.6 Å². The topological polar surface area (TPSA) is 12.0 Å². The van der Waals surface area contributed by atoms with Crippen LogP contribution in [0.15, 0.2) is 0 Å². The predicted octanol–water partition coefficient (Wildman–Crippen LogP) is 1.64. The van der Waals surface area contributed by atoms with Gasteiger partial charge >= 0.3 is 11.8 Å². The van der Waals surface area contributed by atoms with Crippen LogP contribution in [-0.2, 0) is 0 Å². The molecule has 1 nitrogen and oxygen atoms in total. The van der Waals surface area contributed by atoms with Crippen molar-refractivity contribution in [1.82, 2.24) is 5.32 Å². The smallest absolute Gasteiger partial charge is 0.300 e. The molecule has 1 heterocycles. The summed E-state index contributed by atoms with van der Waals surface area (Å²) >= 11 is 0. The molecule has 1 aliphatic heterocycles. The third-order valence-corrected chi connectivity index (χ3v) is 2.03. The molecule has 5 heteroatoms. The first kappa shape index (κ1) is 8.77. The van der Waals surface area contributed by atoms with Crippen LogP contribution in [0.3, 0.4) is 0 Å². The highest BCUT2D eigenvalue weighted by atomic mass is 19.3. The molecule has 0 amide bonds. The van der Waals surface area contributed by atoms with Crippen LogP contribution >= 0.6 is 0 Å². The zero-order valence-corrected chi connectivity index (χ0v) is 6.17. The summed E-state index contributed by atoms with van der Waals surface area (Å²) in [5.41, 5.74) is 0. The maximum Gasteiger partial charge on any atom is 0.326 e. The Morgan fingerprint density at radius 3 is 1.27 bits per heavy atom. The lowest BCUT2D eigenvalue weighted by atomic mass is 10.1. The van der Waals surface area contributed by atoms with Gasteiger partial charge in [-0.1, -0.05) is 0 Å². The number of hydrogen-bond donors (Lipinski definition) is 1. The molecule has 0 aromatic carbocycles. The highest BCUT2D eigenvalue weighted by Gasteiger charge is 2.67. The van der Waals surface area contributed by atoms with E-state index < -0.39 is 23.9 Å². The minimum atomic E-state index is -3.92. The molecule has 66 valence electrons. The molecule has 1 N–H and O–H groups in total. The van der Waals surface area contributed by atoms with Crippen molar-refractivity contribution in [3.8, 4) is 0 Å². The maximum atomic E-state index is 12.6. The van der Waals surface area contributed by atoms with Gasteiger partial charge in [0, 0.05) is 0 Å². The summed E-state index contributed by atoms with van der Waals surface area (Å²) in [7, 11) is 0. The molecule has 1 rings (SSSR count). The molecule has 2 atom stereocenters. The van der Waals surface area contributed by atoms with Gasteiger partial charge in [0.05, 0.1) is 12.1 Å². The summed E-state index contributed by atoms with van der Waals surface area (Å²) in [6.07, 6.45) is 0. The van der Waals surface area contributed by atoms with Crippen molar-refractivity contribution in [1.29, 1.82) is 0 Å². The minimum Gasteiger partial charge on any atom is -0.300 e. The van der Waals surface area contributed by atoms with Gasteiger partial charge in [0.1, 0.15) is 0 Å². The number of alkyl halides is 4. The summed E-state index contributed by atoms with van der Waals surface area (Å²) in [6, 6.07) is -2.90. The monoisotopic (exact) mass is 171 g/mol. The fourth-order valence-corrected chi connectivity index (χ4v) is 1.16. The summed E-state index contributed by atoms with van der Waals surface area (Å²) < 4.78 is 50.2. The number of hydrogen-bond acceptors (Lipinski definition) is 1. The van der Waals surface area contributed by atoms with Crippen LogP contribution in [0.5, 0.6) is 0 Å². The Hall–Kier alpha value is -0.320. The molecular formula is C6H9F4N. The Labute approximate surface area is 61.8 Å². The van der Waals surface area contributed by atoms with Gasteiger partial charge in [-0.2, -0.15) is 17.6 Å². The Morgan fingerprint density at radius 1 is 0.909 bits per heavy atom. The molecule has 2 unspecified atom stereocenters. The summed E-state index contributed by atoms with van der Waals surface area (Å²) in [5.74, 6) is -7.85. The average Bonchev–Trinajstić information content (AvgIpc) is 1.95. The van der Waals surface area contributed by atoms with Crippen molar-refractivity contribution in [3.05, 3.63) is 0 Å². The molecule has 0 aromatic heterocycles. The van der Waals surface area contributed by atoms with Crippen LogP contribution in [-0.4, -0.2) is 23.9 Å². The van der Waals surface area contributed by atoms with Crippen molar-refractivity contribution < 1.29 is 17.6 Å². The van der Waals surface area contributed by atoms with Gasteiger partial charge in [-0.15, -0.1) is 0 Å². The van der Waals surface area contributed by atoms with E-state index in [1.165, 1.54) is 0 Å². The van der Waals surface area contributed by atoms with Crippen molar-refractivity contribution in [2.24, 2.45) is 0 Å². The normalized spacial score (nSPS) is 40.9. The Kier molecular flexibility index (Phi) is 1.67. The Balaban J connectivity index is 2.95. The third kappa shape index (κ3) is 0.937. The Morgan fingerprint density at radius 2 is 1.18 bits per heavy atom. The van der Waals surface area contributed by atoms with Gasteiger partial charge < -0.3 is 5.32 Å². The van der Waals surface area contributed by atoms with Crippen molar-refractivity contribution in [2.45, 2.75) is 37.8 Å². The van der Waals surface area contributed by atoms with Crippen molar-refractivity contribution in [2.75, 3.05) is 0 Å². The summed E-state index contributed by atoms with van der Waals surface area (Å²) in [5, 5.41) is 2.10. The largest absolute Gasteiger partial charge is 0.326 e. The van der Waals surface area contributed by atoms with Crippen molar-refractivity contribution in [3.63, 3.8) is 0 Å². The highest BCUT2D eigenvalue weighted by Crippen LogP contribution is 2.44. The molecule has 1 aliphatic rings. The van der Waals surface area contributed by atoms with E-state index in [2.05, 4.69) is 5.32 Å². The zero-order chi connectivity index (χ0) is 8.86. The molecule has 1 fully saturated rings. The van der Waals surface area contributed by atoms with Crippen LogP contribution in [0.1, 0.15) is 13.8 Å². The van der Waals surface area contributed by atoms with E-state index in [-0.39, 0.29) is 0 Å². The molecule has 0 bridgehead atoms. The fourth-order valence-electron chi connectivity index (χ4n) is 1.16. The van der Waals surface area contributed by atoms with Gasteiger partial charge in [-0.3, -0.25) is 0 Å². The average molecular weight is 171 g/mol. The quantitative estimate of drug-likeness (QED) is 0.546. The minimum absolute atomic E-state index is 1.05. The lowest BCUT2D eigenvalue weighted by molar-refractivity contribution is -0.194. The number of nitrogens with one attached hydrogen (secondary N) is 1. The number of rotatable bonds is 0. The molecule has 1 saturated heterocycles. The van der Waals surface area contributed by atoms with Gasteiger partial charge in [-0.25, -0.2) is 0 Å². The predicted molar refractivity (Wildman–Crippen MR) is 32.0 cm³/mol. The molecule has 11 heavy (non-hydrogen) atoms. The van der Waals surface area contributed by atoms with Crippen LogP contribution in [0, 0.1) is 0 Å². The lowest BCUT2D eigenvalue weighted by Crippen LogP contribution is -2.44. The maximum absolute atomic E-state index is 12.6. The zero-order valence-electron chi connectivity index (χ0n) is 6.17. The standard InChI is InChI=1S/C6H9F4N/c1-3-5(7,8)6(9,10)4(2)11-3/h3-4,11H,1-2H3. The summed E-state index contributed by atoms with van der Waals surface area (Å²) in [6.45, 7) is 2.11. The van der Waals surface area contributed by atoms with Crippen molar-refractivity contribution >= 4 is 0 Å². The first-order valence-corrected chi connectivity index (χ1v) is 3.32. The van der Waals surface area contributed by atoms with E-state index in [0.29, 0.717) is 0 Å². The van der Waals surface area contributed by atoms with E-state index in [1.54, 1.807) is 0 Å². The van der Waals surface area contributed by atoms with Crippen LogP contribution in [0.2, 0.25) is 0 Å². The van der Waals surface area contributed by atoms with E-state index >= 15 is 0 Å².